The molecule has 0 spiro atoms. The van der Waals surface area contributed by atoms with Gasteiger partial charge in [-0.05, 0) is 30.7 Å². The molecule has 2 N–H and O–H groups in total. The Morgan fingerprint density at radius 1 is 1.07 bits per heavy atom. The van der Waals surface area contributed by atoms with E-state index in [1.165, 1.54) is 5.69 Å². The maximum Gasteiger partial charge on any atom is 0.411 e. The summed E-state index contributed by atoms with van der Waals surface area (Å²) >= 11 is 0. The molecule has 0 radical (unpaired) electrons. The monoisotopic (exact) mass is 413 g/mol. The van der Waals surface area contributed by atoms with Gasteiger partial charge in [-0.15, -0.1) is 0 Å². The zero-order chi connectivity index (χ0) is 21.2. The summed E-state index contributed by atoms with van der Waals surface area (Å²) in [6.07, 6.45) is -0.453. The number of benzene rings is 2. The number of ether oxygens (including phenoxy) is 2. The van der Waals surface area contributed by atoms with E-state index in [-0.39, 0.29) is 6.61 Å². The number of β-amino-alcohol motifs (C(OH)–C–C–N with tert-alkyl or cyclic N) is 1. The number of aliphatic hydroxyl groups is 1. The molecule has 1 saturated heterocycles. The molecule has 7 heteroatoms. The van der Waals surface area contributed by atoms with Gasteiger partial charge in [0.05, 0.1) is 12.3 Å². The van der Waals surface area contributed by atoms with Crippen molar-refractivity contribution in [3.8, 4) is 5.75 Å². The number of nitrogens with zero attached hydrogens (tertiary/aromatic N) is 2. The van der Waals surface area contributed by atoms with Crippen LogP contribution >= 0.6 is 0 Å². The van der Waals surface area contributed by atoms with Gasteiger partial charge < -0.3 is 19.5 Å². The van der Waals surface area contributed by atoms with E-state index < -0.39 is 12.2 Å². The van der Waals surface area contributed by atoms with Gasteiger partial charge in [-0.1, -0.05) is 37.3 Å². The number of hydrogen-bond acceptors (Lipinski definition) is 6. The van der Waals surface area contributed by atoms with Crippen LogP contribution in [-0.2, 0) is 4.74 Å². The fraction of sp³-hybridized carbons (Fsp3) is 0.435. The van der Waals surface area contributed by atoms with Crippen LogP contribution in [0.3, 0.4) is 0 Å². The SMILES string of the molecule is CCCOc1ccccc1NC(=O)OCC(O)CN1CCN(c2ccccc2)CC1. The Balaban J connectivity index is 1.38. The third-order valence-corrected chi connectivity index (χ3v) is 4.95. The third-order valence-electron chi connectivity index (χ3n) is 4.95. The Morgan fingerprint density at radius 3 is 2.50 bits per heavy atom. The topological polar surface area (TPSA) is 74.3 Å². The maximum atomic E-state index is 12.1. The Kier molecular flexibility index (Phi) is 8.35. The summed E-state index contributed by atoms with van der Waals surface area (Å²) < 4.78 is 10.8. The third kappa shape index (κ3) is 6.64. The normalized spacial score (nSPS) is 15.5. The molecule has 1 unspecified atom stereocenters. The molecule has 2 aromatic carbocycles. The lowest BCUT2D eigenvalue weighted by molar-refractivity contribution is 0.0469. The van der Waals surface area contributed by atoms with Gasteiger partial charge in [0.1, 0.15) is 18.5 Å². The van der Waals surface area contributed by atoms with Crippen LogP contribution in [0.25, 0.3) is 0 Å². The quantitative estimate of drug-likeness (QED) is 0.658. The van der Waals surface area contributed by atoms with Crippen molar-refractivity contribution in [1.29, 1.82) is 0 Å². The van der Waals surface area contributed by atoms with E-state index in [1.54, 1.807) is 12.1 Å². The van der Waals surface area contributed by atoms with E-state index in [9.17, 15) is 9.90 Å². The summed E-state index contributed by atoms with van der Waals surface area (Å²) in [6, 6.07) is 17.6. The van der Waals surface area contributed by atoms with Crippen LogP contribution in [0.15, 0.2) is 54.6 Å². The van der Waals surface area contributed by atoms with Crippen LogP contribution in [0.4, 0.5) is 16.2 Å². The zero-order valence-corrected chi connectivity index (χ0v) is 17.5. The summed E-state index contributed by atoms with van der Waals surface area (Å²) in [5, 5.41) is 13.0. The van der Waals surface area contributed by atoms with Crippen molar-refractivity contribution in [2.24, 2.45) is 0 Å². The second-order valence-corrected chi connectivity index (χ2v) is 7.35. The first-order valence-corrected chi connectivity index (χ1v) is 10.5. The first kappa shape index (κ1) is 21.9. The summed E-state index contributed by atoms with van der Waals surface area (Å²) in [7, 11) is 0. The highest BCUT2D eigenvalue weighted by molar-refractivity contribution is 5.86. The van der Waals surface area contributed by atoms with Crippen molar-refractivity contribution in [1.82, 2.24) is 4.90 Å². The number of carbonyl (C=O) groups is 1. The van der Waals surface area contributed by atoms with Crippen LogP contribution in [0.2, 0.25) is 0 Å². The van der Waals surface area contributed by atoms with E-state index in [0.29, 0.717) is 24.6 Å². The van der Waals surface area contributed by atoms with E-state index in [2.05, 4.69) is 27.2 Å². The van der Waals surface area contributed by atoms with Gasteiger partial charge in [0, 0.05) is 38.4 Å². The summed E-state index contributed by atoms with van der Waals surface area (Å²) in [5.41, 5.74) is 1.78. The molecule has 1 fully saturated rings. The molecule has 0 aromatic heterocycles. The van der Waals surface area contributed by atoms with Crippen molar-refractivity contribution in [2.45, 2.75) is 19.4 Å². The Labute approximate surface area is 178 Å². The minimum atomic E-state index is -0.731. The molecule has 30 heavy (non-hydrogen) atoms. The lowest BCUT2D eigenvalue weighted by Gasteiger charge is -2.36. The molecule has 3 rings (SSSR count). The van der Waals surface area contributed by atoms with Crippen LogP contribution in [0.5, 0.6) is 5.75 Å². The largest absolute Gasteiger partial charge is 0.491 e. The Hall–Kier alpha value is -2.77. The van der Waals surface area contributed by atoms with E-state index in [0.717, 1.165) is 32.6 Å². The smallest absolute Gasteiger partial charge is 0.411 e. The molecule has 1 atom stereocenters. The van der Waals surface area contributed by atoms with E-state index in [4.69, 9.17) is 9.47 Å². The molecule has 7 nitrogen and oxygen atoms in total. The molecule has 1 amide bonds. The lowest BCUT2D eigenvalue weighted by Crippen LogP contribution is -2.49. The Morgan fingerprint density at radius 2 is 1.77 bits per heavy atom. The molecule has 0 bridgehead atoms. The maximum absolute atomic E-state index is 12.1. The molecular weight excluding hydrogens is 382 g/mol. The number of piperazine rings is 1. The number of nitrogens with one attached hydrogen (secondary N) is 1. The Bertz CT molecular complexity index is 779. The summed E-state index contributed by atoms with van der Waals surface area (Å²) in [4.78, 5) is 16.6. The van der Waals surface area contributed by atoms with E-state index in [1.807, 2.05) is 37.3 Å². The van der Waals surface area contributed by atoms with Crippen molar-refractivity contribution in [2.75, 3.05) is 56.2 Å². The van der Waals surface area contributed by atoms with Gasteiger partial charge in [-0.3, -0.25) is 10.2 Å². The first-order chi connectivity index (χ1) is 14.7. The lowest BCUT2D eigenvalue weighted by atomic mass is 10.2. The standard InChI is InChI=1S/C23H31N3O4/c1-2-16-29-22-11-7-6-10-21(22)24-23(28)30-18-20(27)17-25-12-14-26(15-13-25)19-8-4-3-5-9-19/h3-11,20,27H,2,12-18H2,1H3,(H,24,28). The molecule has 0 saturated carbocycles. The van der Waals surface area contributed by atoms with Gasteiger partial charge in [-0.25, -0.2) is 4.79 Å². The highest BCUT2D eigenvalue weighted by Crippen LogP contribution is 2.24. The number of hydrogen-bond donors (Lipinski definition) is 2. The number of anilines is 2. The average molecular weight is 414 g/mol. The number of carbonyl (C=O) groups excluding carboxylic acids is 1. The predicted octanol–water partition coefficient (Wildman–Crippen LogP) is 3.21. The molecule has 162 valence electrons. The number of rotatable bonds is 9. The molecule has 1 heterocycles. The van der Waals surface area contributed by atoms with Crippen molar-refractivity contribution >= 4 is 17.5 Å². The summed E-state index contributed by atoms with van der Waals surface area (Å²) in [6.45, 7) is 6.56. The molecular formula is C23H31N3O4. The zero-order valence-electron chi connectivity index (χ0n) is 17.5. The fourth-order valence-electron chi connectivity index (χ4n) is 3.40. The summed E-state index contributed by atoms with van der Waals surface area (Å²) in [5.74, 6) is 0.605. The minimum absolute atomic E-state index is 0.0529. The molecule has 1 aliphatic rings. The molecule has 0 aliphatic carbocycles. The van der Waals surface area contributed by atoms with Gasteiger partial charge in [0.25, 0.3) is 0 Å². The highest BCUT2D eigenvalue weighted by atomic mass is 16.6. The second-order valence-electron chi connectivity index (χ2n) is 7.35. The van der Waals surface area contributed by atoms with Crippen molar-refractivity contribution < 1.29 is 19.4 Å². The van der Waals surface area contributed by atoms with Crippen LogP contribution in [0.1, 0.15) is 13.3 Å². The number of para-hydroxylation sites is 3. The number of amides is 1. The second kappa shape index (κ2) is 11.4. The molecule has 1 aliphatic heterocycles. The average Bonchev–Trinajstić information content (AvgIpc) is 2.78. The van der Waals surface area contributed by atoms with Gasteiger partial charge >= 0.3 is 6.09 Å². The van der Waals surface area contributed by atoms with Gasteiger partial charge in [0.15, 0.2) is 0 Å². The van der Waals surface area contributed by atoms with Crippen LogP contribution in [0, 0.1) is 0 Å². The van der Waals surface area contributed by atoms with Crippen LogP contribution < -0.4 is 15.0 Å². The molecule has 2 aromatic rings. The van der Waals surface area contributed by atoms with Crippen molar-refractivity contribution in [3.63, 3.8) is 0 Å². The highest BCUT2D eigenvalue weighted by Gasteiger charge is 2.20. The fourth-order valence-corrected chi connectivity index (χ4v) is 3.40. The van der Waals surface area contributed by atoms with Crippen molar-refractivity contribution in [3.05, 3.63) is 54.6 Å². The first-order valence-electron chi connectivity index (χ1n) is 10.5. The van der Waals surface area contributed by atoms with E-state index >= 15 is 0 Å². The van der Waals surface area contributed by atoms with Gasteiger partial charge in [-0.2, -0.15) is 0 Å². The van der Waals surface area contributed by atoms with Gasteiger partial charge in [0.2, 0.25) is 0 Å². The minimum Gasteiger partial charge on any atom is -0.491 e. The number of aliphatic hydroxyl groups excluding tert-OH is 1. The van der Waals surface area contributed by atoms with Crippen LogP contribution in [-0.4, -0.2) is 68.1 Å². The predicted molar refractivity (Wildman–Crippen MR) is 118 cm³/mol.